The van der Waals surface area contributed by atoms with Crippen LogP contribution in [0, 0.1) is 13.8 Å². The van der Waals surface area contributed by atoms with Crippen molar-refractivity contribution in [1.29, 1.82) is 0 Å². The number of aromatic nitrogens is 2. The standard InChI is InChI=1S/C13H21N3O/c1-10-11(2)15-13(9-14-10)16-7-4-3-5-12(16)6-8-17/h9,12,17H,3-8H2,1-2H3. The van der Waals surface area contributed by atoms with Gasteiger partial charge in [-0.25, -0.2) is 4.98 Å². The Morgan fingerprint density at radius 3 is 2.88 bits per heavy atom. The van der Waals surface area contributed by atoms with Gasteiger partial charge in [-0.15, -0.1) is 0 Å². The predicted molar refractivity (Wildman–Crippen MR) is 68.2 cm³/mol. The van der Waals surface area contributed by atoms with Gasteiger partial charge in [-0.05, 0) is 39.5 Å². The average Bonchev–Trinajstić information content (AvgIpc) is 2.34. The molecule has 4 nitrogen and oxygen atoms in total. The SMILES string of the molecule is Cc1ncc(N2CCCCC2CCO)nc1C. The fourth-order valence-electron chi connectivity index (χ4n) is 2.42. The lowest BCUT2D eigenvalue weighted by molar-refractivity contribution is 0.262. The summed E-state index contributed by atoms with van der Waals surface area (Å²) in [6.07, 6.45) is 6.29. The molecule has 1 atom stereocenters. The first-order valence-corrected chi connectivity index (χ1v) is 6.40. The fourth-order valence-corrected chi connectivity index (χ4v) is 2.42. The summed E-state index contributed by atoms with van der Waals surface area (Å²) in [5.41, 5.74) is 1.99. The van der Waals surface area contributed by atoms with E-state index in [4.69, 9.17) is 5.11 Å². The Morgan fingerprint density at radius 1 is 1.35 bits per heavy atom. The maximum Gasteiger partial charge on any atom is 0.147 e. The van der Waals surface area contributed by atoms with Gasteiger partial charge in [0, 0.05) is 19.2 Å². The minimum absolute atomic E-state index is 0.249. The van der Waals surface area contributed by atoms with Crippen molar-refractivity contribution < 1.29 is 5.11 Å². The fraction of sp³-hybridized carbons (Fsp3) is 0.692. The number of nitrogens with zero attached hydrogens (tertiary/aromatic N) is 3. The molecule has 0 amide bonds. The first-order chi connectivity index (χ1) is 8.22. The molecule has 0 spiro atoms. The van der Waals surface area contributed by atoms with Crippen LogP contribution < -0.4 is 4.90 Å². The zero-order valence-corrected chi connectivity index (χ0v) is 10.7. The average molecular weight is 235 g/mol. The number of hydrogen-bond acceptors (Lipinski definition) is 4. The van der Waals surface area contributed by atoms with E-state index in [1.165, 1.54) is 12.8 Å². The zero-order valence-electron chi connectivity index (χ0n) is 10.7. The van der Waals surface area contributed by atoms with Crippen molar-refractivity contribution in [3.8, 4) is 0 Å². The van der Waals surface area contributed by atoms with Gasteiger partial charge < -0.3 is 10.0 Å². The van der Waals surface area contributed by atoms with Gasteiger partial charge in [0.05, 0.1) is 17.6 Å². The number of hydrogen-bond donors (Lipinski definition) is 1. The maximum absolute atomic E-state index is 9.12. The van der Waals surface area contributed by atoms with E-state index in [0.29, 0.717) is 6.04 Å². The molecule has 0 saturated carbocycles. The second kappa shape index (κ2) is 5.45. The molecule has 0 aromatic carbocycles. The smallest absolute Gasteiger partial charge is 0.147 e. The van der Waals surface area contributed by atoms with Crippen LogP contribution in [0.1, 0.15) is 37.1 Å². The van der Waals surface area contributed by atoms with Gasteiger partial charge in [-0.2, -0.15) is 0 Å². The van der Waals surface area contributed by atoms with Crippen LogP contribution in [0.3, 0.4) is 0 Å². The lowest BCUT2D eigenvalue weighted by Crippen LogP contribution is -2.40. The Bertz CT molecular complexity index is 379. The molecule has 0 bridgehead atoms. The van der Waals surface area contributed by atoms with Gasteiger partial charge in [0.25, 0.3) is 0 Å². The van der Waals surface area contributed by atoms with E-state index < -0.39 is 0 Å². The minimum Gasteiger partial charge on any atom is -0.396 e. The normalized spacial score (nSPS) is 20.6. The monoisotopic (exact) mass is 235 g/mol. The maximum atomic E-state index is 9.12. The van der Waals surface area contributed by atoms with Crippen LogP contribution in [-0.2, 0) is 0 Å². The molecule has 2 rings (SSSR count). The molecular weight excluding hydrogens is 214 g/mol. The number of aryl methyl sites for hydroxylation is 2. The number of piperidine rings is 1. The van der Waals surface area contributed by atoms with E-state index in [1.807, 2.05) is 20.0 Å². The molecule has 1 fully saturated rings. The molecule has 1 aromatic heterocycles. The molecule has 1 saturated heterocycles. The van der Waals surface area contributed by atoms with Crippen LogP contribution in [0.5, 0.6) is 0 Å². The molecule has 0 aliphatic carbocycles. The Kier molecular flexibility index (Phi) is 3.94. The highest BCUT2D eigenvalue weighted by Gasteiger charge is 2.23. The molecular formula is C13H21N3O. The second-order valence-corrected chi connectivity index (χ2v) is 4.75. The highest BCUT2D eigenvalue weighted by molar-refractivity contribution is 5.39. The van der Waals surface area contributed by atoms with Gasteiger partial charge in [-0.3, -0.25) is 4.98 Å². The largest absolute Gasteiger partial charge is 0.396 e. The highest BCUT2D eigenvalue weighted by Crippen LogP contribution is 2.24. The molecule has 94 valence electrons. The summed E-state index contributed by atoms with van der Waals surface area (Å²) in [6, 6.07) is 0.421. The Morgan fingerprint density at radius 2 is 2.18 bits per heavy atom. The third kappa shape index (κ3) is 2.75. The summed E-state index contributed by atoms with van der Waals surface area (Å²) in [6.45, 7) is 5.26. The first-order valence-electron chi connectivity index (χ1n) is 6.40. The third-order valence-electron chi connectivity index (χ3n) is 3.56. The van der Waals surface area contributed by atoms with Crippen LogP contribution in [0.15, 0.2) is 6.20 Å². The van der Waals surface area contributed by atoms with Crippen molar-refractivity contribution in [1.82, 2.24) is 9.97 Å². The summed E-state index contributed by atoms with van der Waals surface area (Å²) in [5, 5.41) is 9.12. The van der Waals surface area contributed by atoms with Crippen LogP contribution in [-0.4, -0.2) is 34.3 Å². The topological polar surface area (TPSA) is 49.2 Å². The van der Waals surface area contributed by atoms with Gasteiger partial charge in [0.15, 0.2) is 0 Å². The Hall–Kier alpha value is -1.16. The summed E-state index contributed by atoms with van der Waals surface area (Å²) in [4.78, 5) is 11.3. The van der Waals surface area contributed by atoms with E-state index in [1.54, 1.807) is 0 Å². The van der Waals surface area contributed by atoms with Gasteiger partial charge in [-0.1, -0.05) is 0 Å². The van der Waals surface area contributed by atoms with Crippen molar-refractivity contribution in [3.63, 3.8) is 0 Å². The number of aliphatic hydroxyl groups excluding tert-OH is 1. The minimum atomic E-state index is 0.249. The van der Waals surface area contributed by atoms with Crippen molar-refractivity contribution in [2.45, 2.75) is 45.6 Å². The molecule has 2 heterocycles. The quantitative estimate of drug-likeness (QED) is 0.868. The molecule has 0 radical (unpaired) electrons. The summed E-state index contributed by atoms with van der Waals surface area (Å²) < 4.78 is 0. The van der Waals surface area contributed by atoms with Crippen molar-refractivity contribution in [2.24, 2.45) is 0 Å². The summed E-state index contributed by atoms with van der Waals surface area (Å²) >= 11 is 0. The van der Waals surface area contributed by atoms with Gasteiger partial charge >= 0.3 is 0 Å². The van der Waals surface area contributed by atoms with Gasteiger partial charge in [0.1, 0.15) is 5.82 Å². The van der Waals surface area contributed by atoms with E-state index in [0.717, 1.165) is 36.6 Å². The van der Waals surface area contributed by atoms with E-state index in [9.17, 15) is 0 Å². The molecule has 4 heteroatoms. The van der Waals surface area contributed by atoms with Crippen LogP contribution >= 0.6 is 0 Å². The molecule has 17 heavy (non-hydrogen) atoms. The van der Waals surface area contributed by atoms with Crippen LogP contribution in [0.4, 0.5) is 5.82 Å². The molecule has 1 N–H and O–H groups in total. The summed E-state index contributed by atoms with van der Waals surface area (Å²) in [5.74, 6) is 0.964. The van der Waals surface area contributed by atoms with E-state index in [-0.39, 0.29) is 6.61 Å². The van der Waals surface area contributed by atoms with Crippen LogP contribution in [0.25, 0.3) is 0 Å². The summed E-state index contributed by atoms with van der Waals surface area (Å²) in [7, 11) is 0. The van der Waals surface area contributed by atoms with Crippen molar-refractivity contribution >= 4 is 5.82 Å². The second-order valence-electron chi connectivity index (χ2n) is 4.75. The Balaban J connectivity index is 2.20. The van der Waals surface area contributed by atoms with Crippen molar-refractivity contribution in [2.75, 3.05) is 18.1 Å². The van der Waals surface area contributed by atoms with Crippen molar-refractivity contribution in [3.05, 3.63) is 17.6 Å². The molecule has 1 aliphatic heterocycles. The lowest BCUT2D eigenvalue weighted by atomic mass is 10.00. The highest BCUT2D eigenvalue weighted by atomic mass is 16.3. The van der Waals surface area contributed by atoms with Gasteiger partial charge in [0.2, 0.25) is 0 Å². The van der Waals surface area contributed by atoms with E-state index >= 15 is 0 Å². The number of aliphatic hydroxyl groups is 1. The number of anilines is 1. The van der Waals surface area contributed by atoms with E-state index in [2.05, 4.69) is 14.9 Å². The first kappa shape index (κ1) is 12.3. The molecule has 1 aliphatic rings. The van der Waals surface area contributed by atoms with Crippen LogP contribution in [0.2, 0.25) is 0 Å². The third-order valence-corrected chi connectivity index (χ3v) is 3.56. The predicted octanol–water partition coefficient (Wildman–Crippen LogP) is 1.83. The molecule has 1 unspecified atom stereocenters. The Labute approximate surface area is 103 Å². The molecule has 1 aromatic rings. The number of rotatable bonds is 3. The lowest BCUT2D eigenvalue weighted by Gasteiger charge is -2.36. The zero-order chi connectivity index (χ0) is 12.3.